The van der Waals surface area contributed by atoms with Gasteiger partial charge in [0.25, 0.3) is 5.91 Å². The smallest absolute Gasteiger partial charge is 0.252 e. The monoisotopic (exact) mass is 412 g/mol. The van der Waals surface area contributed by atoms with Crippen LogP contribution in [-0.2, 0) is 6.61 Å². The van der Waals surface area contributed by atoms with E-state index < -0.39 is 0 Å². The van der Waals surface area contributed by atoms with Gasteiger partial charge >= 0.3 is 0 Å². The van der Waals surface area contributed by atoms with Crippen molar-refractivity contribution in [1.29, 1.82) is 0 Å². The second kappa shape index (κ2) is 8.32. The standard InChI is InChI=1S/C21H24N4O3S/c1-12(2)18(21-24-19(25-28-21)14-7-8-14)23-20(26)15-5-4-6-17(9-15)27-10-16-11-29-13(3)22-16/h4-6,9,11-12,14,18H,7-8,10H2,1-3H3,(H,23,26). The van der Waals surface area contributed by atoms with Crippen molar-refractivity contribution in [3.63, 3.8) is 0 Å². The fraction of sp³-hybridized carbons (Fsp3) is 0.429. The van der Waals surface area contributed by atoms with Crippen LogP contribution in [0.2, 0.25) is 0 Å². The number of hydrogen-bond acceptors (Lipinski definition) is 7. The summed E-state index contributed by atoms with van der Waals surface area (Å²) in [5, 5.41) is 10.1. The van der Waals surface area contributed by atoms with Gasteiger partial charge in [-0.3, -0.25) is 4.79 Å². The number of aryl methyl sites for hydroxylation is 1. The quantitative estimate of drug-likeness (QED) is 0.589. The Balaban J connectivity index is 1.43. The topological polar surface area (TPSA) is 90.1 Å². The highest BCUT2D eigenvalue weighted by Crippen LogP contribution is 2.38. The minimum atomic E-state index is -0.343. The lowest BCUT2D eigenvalue weighted by Gasteiger charge is -2.18. The summed E-state index contributed by atoms with van der Waals surface area (Å²) in [7, 11) is 0. The number of amides is 1. The maximum atomic E-state index is 12.8. The number of aromatic nitrogens is 3. The van der Waals surface area contributed by atoms with Gasteiger partial charge in [-0.15, -0.1) is 11.3 Å². The van der Waals surface area contributed by atoms with Crippen LogP contribution in [0.1, 0.15) is 71.4 Å². The van der Waals surface area contributed by atoms with E-state index in [-0.39, 0.29) is 17.9 Å². The van der Waals surface area contributed by atoms with Crippen molar-refractivity contribution in [2.75, 3.05) is 0 Å². The Morgan fingerprint density at radius 2 is 2.17 bits per heavy atom. The van der Waals surface area contributed by atoms with Crippen LogP contribution in [0.3, 0.4) is 0 Å². The molecule has 1 fully saturated rings. The molecule has 8 heteroatoms. The Hall–Kier alpha value is -2.74. The summed E-state index contributed by atoms with van der Waals surface area (Å²) >= 11 is 1.59. The molecule has 7 nitrogen and oxygen atoms in total. The first-order valence-electron chi connectivity index (χ1n) is 9.78. The first kappa shape index (κ1) is 19.6. The van der Waals surface area contributed by atoms with Crippen LogP contribution in [0, 0.1) is 12.8 Å². The summed E-state index contributed by atoms with van der Waals surface area (Å²) in [6.45, 7) is 6.36. The SMILES string of the molecule is Cc1nc(COc2cccc(C(=O)NC(c3nc(C4CC4)no3)C(C)C)c2)cs1. The molecule has 1 N–H and O–H groups in total. The Kier molecular flexibility index (Phi) is 5.62. The molecule has 0 bridgehead atoms. The molecule has 1 unspecified atom stereocenters. The molecule has 4 rings (SSSR count). The van der Waals surface area contributed by atoms with Gasteiger partial charge in [0.2, 0.25) is 5.89 Å². The minimum Gasteiger partial charge on any atom is -0.487 e. The number of ether oxygens (including phenoxy) is 1. The van der Waals surface area contributed by atoms with E-state index in [0.29, 0.717) is 29.7 Å². The van der Waals surface area contributed by atoms with Crippen LogP contribution in [0.25, 0.3) is 0 Å². The summed E-state index contributed by atoms with van der Waals surface area (Å²) in [6, 6.07) is 6.78. The van der Waals surface area contributed by atoms with Gasteiger partial charge in [-0.2, -0.15) is 4.98 Å². The summed E-state index contributed by atoms with van der Waals surface area (Å²) in [4.78, 5) is 21.7. The second-order valence-corrected chi connectivity index (χ2v) is 8.70. The molecule has 1 aromatic carbocycles. The molecule has 0 spiro atoms. The Bertz CT molecular complexity index is 993. The van der Waals surface area contributed by atoms with Gasteiger partial charge in [0.15, 0.2) is 5.82 Å². The lowest BCUT2D eigenvalue weighted by atomic mass is 10.0. The molecular formula is C21H24N4O3S. The van der Waals surface area contributed by atoms with Crippen molar-refractivity contribution in [3.8, 4) is 5.75 Å². The van der Waals surface area contributed by atoms with Gasteiger partial charge in [0.05, 0.1) is 10.7 Å². The van der Waals surface area contributed by atoms with Crippen LogP contribution < -0.4 is 10.1 Å². The summed E-state index contributed by atoms with van der Waals surface area (Å²) in [5.41, 5.74) is 1.40. The molecule has 1 saturated carbocycles. The average Bonchev–Trinajstić information content (AvgIpc) is 3.30. The number of carbonyl (C=O) groups is 1. The van der Waals surface area contributed by atoms with Gasteiger partial charge in [0, 0.05) is 16.9 Å². The number of rotatable bonds is 8. The molecule has 29 heavy (non-hydrogen) atoms. The molecule has 1 aliphatic rings. The lowest BCUT2D eigenvalue weighted by Crippen LogP contribution is -2.32. The molecule has 1 atom stereocenters. The molecule has 1 aliphatic carbocycles. The molecule has 1 amide bonds. The third-order valence-electron chi connectivity index (χ3n) is 4.77. The third kappa shape index (κ3) is 4.82. The molecule has 0 radical (unpaired) electrons. The maximum absolute atomic E-state index is 12.8. The zero-order valence-electron chi connectivity index (χ0n) is 16.7. The molecular weight excluding hydrogens is 388 g/mol. The van der Waals surface area contributed by atoms with Crippen LogP contribution in [0.5, 0.6) is 5.75 Å². The van der Waals surface area contributed by atoms with Crippen molar-refractivity contribution in [1.82, 2.24) is 20.4 Å². The highest BCUT2D eigenvalue weighted by atomic mass is 32.1. The maximum Gasteiger partial charge on any atom is 0.252 e. The average molecular weight is 413 g/mol. The lowest BCUT2D eigenvalue weighted by molar-refractivity contribution is 0.0913. The zero-order valence-corrected chi connectivity index (χ0v) is 17.5. The number of nitrogens with one attached hydrogen (secondary N) is 1. The van der Waals surface area contributed by atoms with E-state index in [0.717, 1.165) is 29.4 Å². The molecule has 3 aromatic rings. The van der Waals surface area contributed by atoms with Crippen LogP contribution >= 0.6 is 11.3 Å². The molecule has 0 aliphatic heterocycles. The van der Waals surface area contributed by atoms with Crippen LogP contribution in [0.4, 0.5) is 0 Å². The number of nitrogens with zero attached hydrogens (tertiary/aromatic N) is 3. The van der Waals surface area contributed by atoms with Crippen LogP contribution in [0.15, 0.2) is 34.2 Å². The van der Waals surface area contributed by atoms with Crippen LogP contribution in [-0.4, -0.2) is 21.0 Å². The molecule has 152 valence electrons. The summed E-state index contributed by atoms with van der Waals surface area (Å²) in [6.07, 6.45) is 2.20. The van der Waals surface area contributed by atoms with Gasteiger partial charge in [0.1, 0.15) is 18.4 Å². The van der Waals surface area contributed by atoms with Crippen molar-refractivity contribution in [2.45, 2.75) is 52.2 Å². The molecule has 2 aromatic heterocycles. The Morgan fingerprint density at radius 1 is 1.34 bits per heavy atom. The summed E-state index contributed by atoms with van der Waals surface area (Å²) < 4.78 is 11.2. The number of hydrogen-bond donors (Lipinski definition) is 1. The fourth-order valence-electron chi connectivity index (χ4n) is 2.98. The van der Waals surface area contributed by atoms with E-state index in [1.54, 1.807) is 29.5 Å². The molecule has 0 saturated heterocycles. The van der Waals surface area contributed by atoms with Gasteiger partial charge in [-0.25, -0.2) is 4.98 Å². The van der Waals surface area contributed by atoms with E-state index >= 15 is 0 Å². The highest BCUT2D eigenvalue weighted by Gasteiger charge is 2.31. The Labute approximate surface area is 173 Å². The fourth-order valence-corrected chi connectivity index (χ4v) is 3.58. The van der Waals surface area contributed by atoms with Crippen molar-refractivity contribution >= 4 is 17.2 Å². The van der Waals surface area contributed by atoms with Gasteiger partial charge in [-0.1, -0.05) is 25.1 Å². The zero-order chi connectivity index (χ0) is 20.4. The number of thiazole rings is 1. The van der Waals surface area contributed by atoms with E-state index in [2.05, 4.69) is 20.4 Å². The first-order valence-corrected chi connectivity index (χ1v) is 10.7. The van der Waals surface area contributed by atoms with Gasteiger partial charge in [-0.05, 0) is 43.9 Å². The van der Waals surface area contributed by atoms with E-state index in [9.17, 15) is 4.79 Å². The predicted molar refractivity (Wildman–Crippen MR) is 109 cm³/mol. The van der Waals surface area contributed by atoms with E-state index in [4.69, 9.17) is 9.26 Å². The van der Waals surface area contributed by atoms with Crippen molar-refractivity contribution < 1.29 is 14.1 Å². The predicted octanol–water partition coefficient (Wildman–Crippen LogP) is 4.42. The minimum absolute atomic E-state index is 0.110. The van der Waals surface area contributed by atoms with Crippen molar-refractivity contribution in [2.24, 2.45) is 5.92 Å². The highest BCUT2D eigenvalue weighted by molar-refractivity contribution is 7.09. The normalized spacial score (nSPS) is 14.8. The van der Waals surface area contributed by atoms with Crippen molar-refractivity contribution in [3.05, 3.63) is 57.6 Å². The Morgan fingerprint density at radius 3 is 2.86 bits per heavy atom. The first-order chi connectivity index (χ1) is 14.0. The number of carbonyl (C=O) groups excluding carboxylic acids is 1. The largest absolute Gasteiger partial charge is 0.487 e. The third-order valence-corrected chi connectivity index (χ3v) is 5.59. The number of benzene rings is 1. The summed E-state index contributed by atoms with van der Waals surface area (Å²) in [5.74, 6) is 2.14. The van der Waals surface area contributed by atoms with Gasteiger partial charge < -0.3 is 14.6 Å². The second-order valence-electron chi connectivity index (χ2n) is 7.63. The van der Waals surface area contributed by atoms with E-state index in [1.807, 2.05) is 32.2 Å². The molecule has 2 heterocycles. The van der Waals surface area contributed by atoms with E-state index in [1.165, 1.54) is 0 Å².